The van der Waals surface area contributed by atoms with Gasteiger partial charge in [0.25, 0.3) is 11.8 Å². The molecule has 1 N–H and O–H groups in total. The second kappa shape index (κ2) is 12.0. The summed E-state index contributed by atoms with van der Waals surface area (Å²) in [6, 6.07) is 7.62. The van der Waals surface area contributed by atoms with Crippen molar-refractivity contribution < 1.29 is 36.7 Å². The SMILES string of the molecule is CC(=O)c1cn(CC(=O)N2CC(F)CC2C(=O)NCc2cccc(Cl)c2F)c2ccc(C(=O)N3CCCC(F)(F)C3)cc12. The van der Waals surface area contributed by atoms with Crippen molar-refractivity contribution in [3.05, 3.63) is 70.1 Å². The Morgan fingerprint density at radius 3 is 2.63 bits per heavy atom. The molecule has 2 atom stereocenters. The highest BCUT2D eigenvalue weighted by molar-refractivity contribution is 6.30. The van der Waals surface area contributed by atoms with Crippen molar-refractivity contribution in [1.82, 2.24) is 19.7 Å². The van der Waals surface area contributed by atoms with Crippen LogP contribution in [0, 0.1) is 5.82 Å². The Labute approximate surface area is 249 Å². The van der Waals surface area contributed by atoms with Crippen molar-refractivity contribution in [3.8, 4) is 0 Å². The molecule has 0 aliphatic carbocycles. The third-order valence-electron chi connectivity index (χ3n) is 7.85. The molecule has 13 heteroatoms. The summed E-state index contributed by atoms with van der Waals surface area (Å²) >= 11 is 5.79. The number of piperidine rings is 1. The molecule has 3 amide bonds. The molecular weight excluding hydrogens is 592 g/mol. The number of fused-ring (bicyclic) bond motifs is 1. The molecule has 0 bridgehead atoms. The van der Waals surface area contributed by atoms with Gasteiger partial charge in [-0.25, -0.2) is 17.6 Å². The maximum absolute atomic E-state index is 14.5. The molecule has 43 heavy (non-hydrogen) atoms. The topological polar surface area (TPSA) is 91.7 Å². The number of nitrogens with zero attached hydrogens (tertiary/aromatic N) is 3. The largest absolute Gasteiger partial charge is 0.350 e. The van der Waals surface area contributed by atoms with Gasteiger partial charge in [-0.2, -0.15) is 0 Å². The van der Waals surface area contributed by atoms with Crippen LogP contribution >= 0.6 is 11.6 Å². The maximum atomic E-state index is 14.5. The summed E-state index contributed by atoms with van der Waals surface area (Å²) in [7, 11) is 0. The lowest BCUT2D eigenvalue weighted by atomic mass is 10.0. The van der Waals surface area contributed by atoms with Crippen molar-refractivity contribution in [2.24, 2.45) is 0 Å². The van der Waals surface area contributed by atoms with Crippen LogP contribution < -0.4 is 5.32 Å². The van der Waals surface area contributed by atoms with Gasteiger partial charge in [-0.3, -0.25) is 19.2 Å². The van der Waals surface area contributed by atoms with Crippen molar-refractivity contribution in [2.75, 3.05) is 19.6 Å². The number of amides is 3. The number of halogens is 5. The molecule has 0 spiro atoms. The molecule has 3 aromatic rings. The van der Waals surface area contributed by atoms with E-state index in [2.05, 4.69) is 5.32 Å². The average Bonchev–Trinajstić information content (AvgIpc) is 3.53. The van der Waals surface area contributed by atoms with E-state index in [0.29, 0.717) is 10.9 Å². The number of nitrogens with one attached hydrogen (secondary N) is 1. The number of ketones is 1. The standard InChI is InChI=1S/C30H29ClF4N4O4/c1-17(40)22-14-38(24-7-6-18(10-21(22)24)29(43)37-9-3-8-30(34,35)16-37)15-26(41)39-13-20(32)11-25(39)28(42)36-12-19-4-2-5-23(31)27(19)33/h2,4-7,10,14,20,25H,3,8-9,11-13,15-16H2,1H3,(H,36,42). The van der Waals surface area contributed by atoms with Gasteiger partial charge in [0.1, 0.15) is 24.6 Å². The summed E-state index contributed by atoms with van der Waals surface area (Å²) in [5.74, 6) is -5.83. The molecule has 228 valence electrons. The van der Waals surface area contributed by atoms with Crippen molar-refractivity contribution in [2.45, 2.75) is 57.4 Å². The normalized spacial score (nSPS) is 20.0. The van der Waals surface area contributed by atoms with E-state index in [1.54, 1.807) is 0 Å². The van der Waals surface area contributed by atoms with E-state index in [1.165, 1.54) is 54.1 Å². The predicted octanol–water partition coefficient (Wildman–Crippen LogP) is 4.76. The Hall–Kier alpha value is -3.93. The van der Waals surface area contributed by atoms with E-state index in [-0.39, 0.29) is 72.9 Å². The average molecular weight is 621 g/mol. The first-order chi connectivity index (χ1) is 20.3. The van der Waals surface area contributed by atoms with E-state index in [0.717, 1.165) is 9.80 Å². The lowest BCUT2D eigenvalue weighted by Crippen LogP contribution is -2.46. The third kappa shape index (κ3) is 6.39. The van der Waals surface area contributed by atoms with Gasteiger partial charge in [0.2, 0.25) is 11.8 Å². The van der Waals surface area contributed by atoms with Crippen molar-refractivity contribution >= 4 is 46.0 Å². The van der Waals surface area contributed by atoms with Crippen LogP contribution in [-0.4, -0.2) is 75.6 Å². The van der Waals surface area contributed by atoms with Crippen LogP contribution in [0.5, 0.6) is 0 Å². The fourth-order valence-electron chi connectivity index (χ4n) is 5.69. The smallest absolute Gasteiger partial charge is 0.265 e. The van der Waals surface area contributed by atoms with Gasteiger partial charge in [-0.05, 0) is 37.6 Å². The van der Waals surface area contributed by atoms with Crippen LogP contribution in [0.3, 0.4) is 0 Å². The van der Waals surface area contributed by atoms with Crippen LogP contribution in [0.15, 0.2) is 42.6 Å². The molecule has 8 nitrogen and oxygen atoms in total. The lowest BCUT2D eigenvalue weighted by Gasteiger charge is -2.32. The second-order valence-electron chi connectivity index (χ2n) is 11.0. The number of carbonyl (C=O) groups excluding carboxylic acids is 4. The van der Waals surface area contributed by atoms with Crippen LogP contribution in [0.2, 0.25) is 5.02 Å². The zero-order valence-corrected chi connectivity index (χ0v) is 24.0. The highest BCUT2D eigenvalue weighted by Gasteiger charge is 2.40. The molecule has 3 heterocycles. The Bertz CT molecular complexity index is 1610. The Morgan fingerprint density at radius 1 is 1.14 bits per heavy atom. The number of Topliss-reactive ketones (excluding diaryl/α,β-unsaturated/α-hetero) is 1. The van der Waals surface area contributed by atoms with Gasteiger partial charge in [0.15, 0.2) is 5.78 Å². The minimum absolute atomic E-state index is 0.110. The molecular formula is C30H29ClF4N4O4. The summed E-state index contributed by atoms with van der Waals surface area (Å²) in [6.45, 7) is -0.0447. The first kappa shape index (κ1) is 30.5. The number of likely N-dealkylation sites (tertiary alicyclic amines) is 2. The van der Waals surface area contributed by atoms with Gasteiger partial charge >= 0.3 is 0 Å². The molecule has 2 aliphatic rings. The van der Waals surface area contributed by atoms with E-state index in [1.807, 2.05) is 0 Å². The number of benzene rings is 2. The molecule has 2 unspecified atom stereocenters. The summed E-state index contributed by atoms with van der Waals surface area (Å²) in [5, 5.41) is 2.79. The van der Waals surface area contributed by atoms with Crippen LogP contribution in [-0.2, 0) is 22.7 Å². The van der Waals surface area contributed by atoms with Gasteiger partial charge in [-0.1, -0.05) is 23.7 Å². The number of alkyl halides is 3. The zero-order chi connectivity index (χ0) is 31.1. The number of aromatic nitrogens is 1. The molecule has 2 aromatic carbocycles. The van der Waals surface area contributed by atoms with Gasteiger partial charge in [-0.15, -0.1) is 0 Å². The van der Waals surface area contributed by atoms with Crippen LogP contribution in [0.4, 0.5) is 17.6 Å². The van der Waals surface area contributed by atoms with E-state index >= 15 is 0 Å². The molecule has 2 saturated heterocycles. The number of carbonyl (C=O) groups is 4. The lowest BCUT2D eigenvalue weighted by molar-refractivity contribution is -0.139. The maximum Gasteiger partial charge on any atom is 0.265 e. The Kier molecular flexibility index (Phi) is 8.51. The molecule has 1 aromatic heterocycles. The van der Waals surface area contributed by atoms with Gasteiger partial charge in [0, 0.05) is 59.7 Å². The quantitative estimate of drug-likeness (QED) is 0.305. The number of rotatable bonds is 7. The van der Waals surface area contributed by atoms with Crippen molar-refractivity contribution in [3.63, 3.8) is 0 Å². The zero-order valence-electron chi connectivity index (χ0n) is 23.2. The molecule has 0 saturated carbocycles. The van der Waals surface area contributed by atoms with Crippen LogP contribution in [0.25, 0.3) is 10.9 Å². The Balaban J connectivity index is 1.34. The fraction of sp³-hybridized carbons (Fsp3) is 0.400. The summed E-state index contributed by atoms with van der Waals surface area (Å²) < 4.78 is 58.0. The highest BCUT2D eigenvalue weighted by Crippen LogP contribution is 2.30. The molecule has 0 radical (unpaired) electrons. The minimum atomic E-state index is -2.97. The first-order valence-corrected chi connectivity index (χ1v) is 14.2. The molecule has 2 fully saturated rings. The van der Waals surface area contributed by atoms with Gasteiger partial charge in [0.05, 0.1) is 18.1 Å². The summed E-state index contributed by atoms with van der Waals surface area (Å²) in [4.78, 5) is 54.0. The van der Waals surface area contributed by atoms with E-state index in [4.69, 9.17) is 11.6 Å². The predicted molar refractivity (Wildman–Crippen MR) is 150 cm³/mol. The summed E-state index contributed by atoms with van der Waals surface area (Å²) in [5.41, 5.74) is 0.900. The first-order valence-electron chi connectivity index (χ1n) is 13.8. The second-order valence-corrected chi connectivity index (χ2v) is 11.4. The number of hydrogen-bond acceptors (Lipinski definition) is 4. The number of hydrogen-bond donors (Lipinski definition) is 1. The van der Waals surface area contributed by atoms with Gasteiger partial charge < -0.3 is 19.7 Å². The monoisotopic (exact) mass is 620 g/mol. The van der Waals surface area contributed by atoms with E-state index < -0.39 is 48.2 Å². The van der Waals surface area contributed by atoms with Crippen molar-refractivity contribution in [1.29, 1.82) is 0 Å². The van der Waals surface area contributed by atoms with E-state index in [9.17, 15) is 36.7 Å². The highest BCUT2D eigenvalue weighted by atomic mass is 35.5. The fourth-order valence-corrected chi connectivity index (χ4v) is 5.89. The molecule has 5 rings (SSSR count). The summed E-state index contributed by atoms with van der Waals surface area (Å²) in [6.07, 6.45) is -0.363. The third-order valence-corrected chi connectivity index (χ3v) is 8.14. The van der Waals surface area contributed by atoms with Crippen LogP contribution in [0.1, 0.15) is 52.5 Å². The molecule has 2 aliphatic heterocycles. The Morgan fingerprint density at radius 2 is 1.91 bits per heavy atom. The minimum Gasteiger partial charge on any atom is -0.350 e.